The van der Waals surface area contributed by atoms with E-state index in [0.29, 0.717) is 11.8 Å². The summed E-state index contributed by atoms with van der Waals surface area (Å²) in [6.45, 7) is 5.94. The molecule has 0 aliphatic heterocycles. The topological polar surface area (TPSA) is 55.1 Å². The Morgan fingerprint density at radius 2 is 2.25 bits per heavy atom. The van der Waals surface area contributed by atoms with Crippen molar-refractivity contribution in [2.45, 2.75) is 32.6 Å². The molecule has 4 nitrogen and oxygen atoms in total. The first kappa shape index (κ1) is 13.1. The van der Waals surface area contributed by atoms with Gasteiger partial charge in [0, 0.05) is 29.4 Å². The normalized spacial score (nSPS) is 13.0. The molecule has 0 aliphatic rings. The molecule has 0 saturated heterocycles. The lowest BCUT2D eigenvalue weighted by Crippen LogP contribution is -2.12. The van der Waals surface area contributed by atoms with Crippen LogP contribution in [0.4, 0.5) is 0 Å². The van der Waals surface area contributed by atoms with E-state index < -0.39 is 5.97 Å². The number of carboxylic acid groups (broad SMARTS) is 1. The molecule has 0 spiro atoms. The molecular weight excluding hydrogens is 224 g/mol. The summed E-state index contributed by atoms with van der Waals surface area (Å²) in [5, 5.41) is 8.75. The first-order chi connectivity index (χ1) is 7.52. The number of thioether (sulfide) groups is 1. The SMILES string of the molecule is CC(CSCc1cncn1C(C)C)C(=O)O. The fraction of sp³-hybridized carbons (Fsp3) is 0.636. The van der Waals surface area contributed by atoms with Crippen LogP contribution in [-0.2, 0) is 10.5 Å². The molecule has 0 fully saturated rings. The van der Waals surface area contributed by atoms with E-state index in [0.717, 1.165) is 11.4 Å². The highest BCUT2D eigenvalue weighted by Crippen LogP contribution is 2.18. The third kappa shape index (κ3) is 3.56. The van der Waals surface area contributed by atoms with Gasteiger partial charge in [-0.15, -0.1) is 0 Å². The summed E-state index contributed by atoms with van der Waals surface area (Å²) in [6, 6.07) is 0.398. The molecule has 1 rings (SSSR count). The van der Waals surface area contributed by atoms with Crippen LogP contribution >= 0.6 is 11.8 Å². The number of aromatic nitrogens is 2. The molecule has 16 heavy (non-hydrogen) atoms. The number of carbonyl (C=O) groups is 1. The standard InChI is InChI=1S/C11H18N2O2S/c1-8(2)13-7-12-4-10(13)6-16-5-9(3)11(14)15/h4,7-9H,5-6H2,1-3H3,(H,14,15). The highest BCUT2D eigenvalue weighted by molar-refractivity contribution is 7.98. The van der Waals surface area contributed by atoms with Crippen LogP contribution in [0.1, 0.15) is 32.5 Å². The van der Waals surface area contributed by atoms with E-state index in [1.807, 2.05) is 12.5 Å². The molecule has 0 aromatic carbocycles. The minimum Gasteiger partial charge on any atom is -0.481 e. The molecule has 1 atom stereocenters. The van der Waals surface area contributed by atoms with Crippen molar-refractivity contribution in [3.63, 3.8) is 0 Å². The monoisotopic (exact) mass is 242 g/mol. The van der Waals surface area contributed by atoms with E-state index in [1.165, 1.54) is 0 Å². The smallest absolute Gasteiger partial charge is 0.307 e. The Kier molecular flexibility index (Phi) is 4.86. The fourth-order valence-electron chi connectivity index (χ4n) is 1.32. The summed E-state index contributed by atoms with van der Waals surface area (Å²) in [5.41, 5.74) is 1.15. The van der Waals surface area contributed by atoms with Crippen LogP contribution in [-0.4, -0.2) is 26.4 Å². The molecule has 1 aromatic rings. The summed E-state index contributed by atoms with van der Waals surface area (Å²) < 4.78 is 2.11. The van der Waals surface area contributed by atoms with E-state index in [4.69, 9.17) is 5.11 Å². The maximum atomic E-state index is 10.6. The van der Waals surface area contributed by atoms with Crippen LogP contribution < -0.4 is 0 Å². The molecule has 1 N–H and O–H groups in total. The predicted molar refractivity (Wildman–Crippen MR) is 65.6 cm³/mol. The molecule has 1 heterocycles. The first-order valence-electron chi connectivity index (χ1n) is 5.33. The Morgan fingerprint density at radius 3 is 2.81 bits per heavy atom. The predicted octanol–water partition coefficient (Wildman–Crippen LogP) is 2.42. The maximum absolute atomic E-state index is 10.6. The zero-order valence-corrected chi connectivity index (χ0v) is 10.7. The zero-order chi connectivity index (χ0) is 12.1. The molecule has 0 saturated carbocycles. The number of hydrogen-bond acceptors (Lipinski definition) is 3. The van der Waals surface area contributed by atoms with Crippen LogP contribution in [0.3, 0.4) is 0 Å². The summed E-state index contributed by atoms with van der Waals surface area (Å²) in [7, 11) is 0. The number of imidazole rings is 1. The van der Waals surface area contributed by atoms with Crippen molar-refractivity contribution in [3.8, 4) is 0 Å². The van der Waals surface area contributed by atoms with E-state index in [9.17, 15) is 4.79 Å². The van der Waals surface area contributed by atoms with Gasteiger partial charge < -0.3 is 9.67 Å². The maximum Gasteiger partial charge on any atom is 0.307 e. The highest BCUT2D eigenvalue weighted by Gasteiger charge is 2.11. The largest absolute Gasteiger partial charge is 0.481 e. The molecular formula is C11H18N2O2S. The molecule has 90 valence electrons. The Hall–Kier alpha value is -0.970. The first-order valence-corrected chi connectivity index (χ1v) is 6.49. The van der Waals surface area contributed by atoms with Crippen molar-refractivity contribution in [1.29, 1.82) is 0 Å². The van der Waals surface area contributed by atoms with Gasteiger partial charge in [-0.25, -0.2) is 4.98 Å². The quantitative estimate of drug-likeness (QED) is 0.832. The van der Waals surface area contributed by atoms with E-state index in [2.05, 4.69) is 23.4 Å². The fourth-order valence-corrected chi connectivity index (χ4v) is 2.37. The third-order valence-electron chi connectivity index (χ3n) is 2.34. The second-order valence-corrected chi connectivity index (χ2v) is 5.17. The van der Waals surface area contributed by atoms with Gasteiger partial charge >= 0.3 is 5.97 Å². The average Bonchev–Trinajstić information content (AvgIpc) is 2.65. The molecule has 0 aliphatic carbocycles. The van der Waals surface area contributed by atoms with Crippen molar-refractivity contribution in [3.05, 3.63) is 18.2 Å². The number of carboxylic acids is 1. The van der Waals surface area contributed by atoms with Gasteiger partial charge in [-0.05, 0) is 13.8 Å². The van der Waals surface area contributed by atoms with Gasteiger partial charge in [0.15, 0.2) is 0 Å². The van der Waals surface area contributed by atoms with Gasteiger partial charge in [0.25, 0.3) is 0 Å². The van der Waals surface area contributed by atoms with Gasteiger partial charge in [0.1, 0.15) is 0 Å². The summed E-state index contributed by atoms with van der Waals surface area (Å²) >= 11 is 1.64. The van der Waals surface area contributed by atoms with Gasteiger partial charge in [0.2, 0.25) is 0 Å². The number of hydrogen-bond donors (Lipinski definition) is 1. The summed E-state index contributed by atoms with van der Waals surface area (Å²) in [4.78, 5) is 14.7. The van der Waals surface area contributed by atoms with E-state index in [1.54, 1.807) is 18.7 Å². The van der Waals surface area contributed by atoms with Crippen molar-refractivity contribution in [2.24, 2.45) is 5.92 Å². The van der Waals surface area contributed by atoms with Gasteiger partial charge in [-0.1, -0.05) is 6.92 Å². The number of rotatable bonds is 6. The second kappa shape index (κ2) is 5.94. The summed E-state index contributed by atoms with van der Waals surface area (Å²) in [6.07, 6.45) is 3.67. The van der Waals surface area contributed by atoms with Crippen molar-refractivity contribution < 1.29 is 9.90 Å². The Bertz CT molecular complexity index is 350. The Balaban J connectivity index is 2.43. The molecule has 1 aromatic heterocycles. The van der Waals surface area contributed by atoms with Crippen LogP contribution in [0, 0.1) is 5.92 Å². The molecule has 0 bridgehead atoms. The minimum atomic E-state index is -0.732. The second-order valence-electron chi connectivity index (χ2n) is 4.14. The van der Waals surface area contributed by atoms with Crippen molar-refractivity contribution >= 4 is 17.7 Å². The molecule has 0 radical (unpaired) electrons. The van der Waals surface area contributed by atoms with E-state index in [-0.39, 0.29) is 5.92 Å². The van der Waals surface area contributed by atoms with Crippen molar-refractivity contribution in [1.82, 2.24) is 9.55 Å². The summed E-state index contributed by atoms with van der Waals surface area (Å²) in [5.74, 6) is 0.430. The lowest BCUT2D eigenvalue weighted by atomic mass is 10.2. The Labute approximate surface area is 100 Å². The van der Waals surface area contributed by atoms with Crippen LogP contribution in [0.25, 0.3) is 0 Å². The van der Waals surface area contributed by atoms with Gasteiger partial charge in [-0.2, -0.15) is 11.8 Å². The lowest BCUT2D eigenvalue weighted by Gasteiger charge is -2.12. The van der Waals surface area contributed by atoms with Crippen LogP contribution in [0.2, 0.25) is 0 Å². The third-order valence-corrected chi connectivity index (χ3v) is 3.58. The van der Waals surface area contributed by atoms with Crippen molar-refractivity contribution in [2.75, 3.05) is 5.75 Å². The zero-order valence-electron chi connectivity index (χ0n) is 9.88. The van der Waals surface area contributed by atoms with Gasteiger partial charge in [-0.3, -0.25) is 4.79 Å². The van der Waals surface area contributed by atoms with E-state index >= 15 is 0 Å². The highest BCUT2D eigenvalue weighted by atomic mass is 32.2. The average molecular weight is 242 g/mol. The molecule has 5 heteroatoms. The molecule has 0 amide bonds. The number of nitrogens with zero attached hydrogens (tertiary/aromatic N) is 2. The van der Waals surface area contributed by atoms with Crippen LogP contribution in [0.15, 0.2) is 12.5 Å². The van der Waals surface area contributed by atoms with Crippen LogP contribution in [0.5, 0.6) is 0 Å². The number of aliphatic carboxylic acids is 1. The lowest BCUT2D eigenvalue weighted by molar-refractivity contribution is -0.140. The van der Waals surface area contributed by atoms with Gasteiger partial charge in [0.05, 0.1) is 12.2 Å². The minimum absolute atomic E-state index is 0.291. The molecule has 1 unspecified atom stereocenters. The Morgan fingerprint density at radius 1 is 1.56 bits per heavy atom.